The lowest BCUT2D eigenvalue weighted by Crippen LogP contribution is -2.54. The second-order valence-electron chi connectivity index (χ2n) is 9.87. The Morgan fingerprint density at radius 2 is 2.00 bits per heavy atom. The minimum atomic E-state index is -0.557. The van der Waals surface area contributed by atoms with Gasteiger partial charge in [0.05, 0.1) is 24.0 Å². The fraction of sp³-hybridized carbons (Fsp3) is 0.667. The van der Waals surface area contributed by atoms with Gasteiger partial charge >= 0.3 is 0 Å². The molecule has 180 valence electrons. The molecule has 2 fully saturated rings. The molecule has 3 aliphatic rings. The molecule has 1 aromatic heterocycles. The first kappa shape index (κ1) is 23.5. The average Bonchev–Trinajstić information content (AvgIpc) is 3.20. The van der Waals surface area contributed by atoms with Gasteiger partial charge in [0.2, 0.25) is 17.7 Å². The lowest BCUT2D eigenvalue weighted by atomic mass is 9.74. The Hall–Kier alpha value is -2.68. The number of hydrogen-bond donors (Lipinski definition) is 2. The maximum atomic E-state index is 13.1. The van der Waals surface area contributed by atoms with E-state index in [9.17, 15) is 14.4 Å². The fourth-order valence-electron chi connectivity index (χ4n) is 5.42. The first-order valence-corrected chi connectivity index (χ1v) is 12.0. The monoisotopic (exact) mass is 456 g/mol. The predicted octanol–water partition coefficient (Wildman–Crippen LogP) is 0.822. The number of amides is 3. The third kappa shape index (κ3) is 5.63. The molecule has 1 aromatic rings. The predicted molar refractivity (Wildman–Crippen MR) is 124 cm³/mol. The number of hydrogen-bond acceptors (Lipinski definition) is 5. The van der Waals surface area contributed by atoms with E-state index in [4.69, 9.17) is 0 Å². The Morgan fingerprint density at radius 3 is 2.70 bits per heavy atom. The molecule has 3 aliphatic heterocycles. The molecule has 4 heterocycles. The first-order chi connectivity index (χ1) is 15.8. The van der Waals surface area contributed by atoms with Crippen LogP contribution in [0.1, 0.15) is 44.7 Å². The molecule has 1 spiro atoms. The van der Waals surface area contributed by atoms with Crippen molar-refractivity contribution < 1.29 is 14.4 Å². The minimum Gasteiger partial charge on any atom is -0.351 e. The molecule has 9 nitrogen and oxygen atoms in total. The van der Waals surface area contributed by atoms with Crippen LogP contribution in [0.3, 0.4) is 0 Å². The van der Waals surface area contributed by atoms with E-state index in [1.807, 2.05) is 24.1 Å². The summed E-state index contributed by atoms with van der Waals surface area (Å²) in [6.45, 7) is 5.35. The van der Waals surface area contributed by atoms with E-state index in [-0.39, 0.29) is 30.3 Å². The third-order valence-corrected chi connectivity index (χ3v) is 7.48. The zero-order valence-electron chi connectivity index (χ0n) is 19.8. The van der Waals surface area contributed by atoms with Gasteiger partial charge in [0.15, 0.2) is 0 Å². The number of nitrogens with zero attached hydrogens (tertiary/aromatic N) is 4. The summed E-state index contributed by atoms with van der Waals surface area (Å²) in [5.74, 6) is 0.158. The number of rotatable bonds is 2. The zero-order valence-corrected chi connectivity index (χ0v) is 19.8. The number of fused-ring (bicyclic) bond motifs is 1. The van der Waals surface area contributed by atoms with Crippen molar-refractivity contribution in [2.45, 2.75) is 51.6 Å². The van der Waals surface area contributed by atoms with Crippen LogP contribution in [0, 0.1) is 11.3 Å². The minimum absolute atomic E-state index is 0.00158. The number of aromatic nitrogens is 2. The highest BCUT2D eigenvalue weighted by molar-refractivity contribution is 5.88. The summed E-state index contributed by atoms with van der Waals surface area (Å²) in [6.07, 6.45) is 11.8. The summed E-state index contributed by atoms with van der Waals surface area (Å²) in [5.41, 5.74) is 0.504. The molecule has 2 atom stereocenters. The van der Waals surface area contributed by atoms with Gasteiger partial charge in [-0.3, -0.25) is 19.3 Å². The molecule has 2 saturated heterocycles. The second kappa shape index (κ2) is 10.1. The van der Waals surface area contributed by atoms with Gasteiger partial charge in [-0.2, -0.15) is 0 Å². The van der Waals surface area contributed by atoms with Crippen LogP contribution in [-0.2, 0) is 28.0 Å². The van der Waals surface area contributed by atoms with Crippen LogP contribution < -0.4 is 10.6 Å². The second-order valence-corrected chi connectivity index (χ2v) is 9.87. The summed E-state index contributed by atoms with van der Waals surface area (Å²) < 4.78 is 1.96. The van der Waals surface area contributed by atoms with Gasteiger partial charge < -0.3 is 20.1 Å². The molecule has 0 saturated carbocycles. The Labute approximate surface area is 195 Å². The van der Waals surface area contributed by atoms with Crippen molar-refractivity contribution in [2.75, 3.05) is 32.7 Å². The van der Waals surface area contributed by atoms with Gasteiger partial charge in [-0.1, -0.05) is 12.2 Å². The number of aryl methyl sites for hydroxylation is 1. The summed E-state index contributed by atoms with van der Waals surface area (Å²) in [6, 6.07) is 0.103. The molecule has 0 unspecified atom stereocenters. The molecule has 0 radical (unpaired) electrons. The van der Waals surface area contributed by atoms with Gasteiger partial charge in [-0.05, 0) is 38.0 Å². The molecule has 0 aromatic carbocycles. The fourth-order valence-corrected chi connectivity index (χ4v) is 5.42. The summed E-state index contributed by atoms with van der Waals surface area (Å²) in [4.78, 5) is 46.1. The van der Waals surface area contributed by atoms with E-state index in [0.717, 1.165) is 38.2 Å². The number of allylic oxidation sites excluding steroid dienone is 2. The van der Waals surface area contributed by atoms with Crippen LogP contribution in [-0.4, -0.2) is 75.8 Å². The third-order valence-electron chi connectivity index (χ3n) is 7.48. The number of piperidine rings is 2. The van der Waals surface area contributed by atoms with Gasteiger partial charge in [0.1, 0.15) is 0 Å². The van der Waals surface area contributed by atoms with Gasteiger partial charge in [0, 0.05) is 58.9 Å². The molecule has 0 aliphatic carbocycles. The van der Waals surface area contributed by atoms with Gasteiger partial charge in [-0.25, -0.2) is 4.98 Å². The number of likely N-dealkylation sites (tertiary alicyclic amines) is 2. The Kier molecular flexibility index (Phi) is 7.17. The van der Waals surface area contributed by atoms with Crippen molar-refractivity contribution in [3.8, 4) is 0 Å². The topological polar surface area (TPSA) is 99.6 Å². The highest BCUT2D eigenvalue weighted by atomic mass is 16.2. The number of carbonyl (C=O) groups is 3. The average molecular weight is 457 g/mol. The standard InChI is InChI=1S/C24H36N6O3/c1-18(31)30-11-8-24(9-12-30)7-4-3-5-19-14-29(16-20-15-28(2)17-26-20)10-6-21(19)27-22(32)13-25-23(24)33/h3-4,15,17,19,21H,5-14,16H2,1-2H3,(H,25,33)(H,27,32)/b4-3+/t19-,21+/m0/s1. The Balaban J connectivity index is 1.44. The van der Waals surface area contributed by atoms with Crippen LogP contribution in [0.25, 0.3) is 0 Å². The quantitative estimate of drug-likeness (QED) is 0.642. The molecule has 9 heteroatoms. The molecule has 3 amide bonds. The largest absolute Gasteiger partial charge is 0.351 e. The van der Waals surface area contributed by atoms with Gasteiger partial charge in [0.25, 0.3) is 0 Å². The Bertz CT molecular complexity index is 902. The molecule has 4 rings (SSSR count). The van der Waals surface area contributed by atoms with Gasteiger partial charge in [-0.15, -0.1) is 0 Å². The highest BCUT2D eigenvalue weighted by Gasteiger charge is 2.41. The summed E-state index contributed by atoms with van der Waals surface area (Å²) >= 11 is 0. The molecular weight excluding hydrogens is 420 g/mol. The molecule has 0 bridgehead atoms. The Morgan fingerprint density at radius 1 is 1.21 bits per heavy atom. The SMILES string of the molecule is CC(=O)N1CCC2(C/C=C/C[C@H]3CN(Cc4cn(C)cn4)CC[C@H]3NC(=O)CNC2=O)CC1. The number of carbonyl (C=O) groups excluding carboxylic acids is 3. The van der Waals surface area contributed by atoms with Crippen molar-refractivity contribution in [3.63, 3.8) is 0 Å². The number of imidazole rings is 1. The van der Waals surface area contributed by atoms with Crippen LogP contribution in [0.15, 0.2) is 24.7 Å². The van der Waals surface area contributed by atoms with Crippen LogP contribution in [0.4, 0.5) is 0 Å². The van der Waals surface area contributed by atoms with E-state index in [1.165, 1.54) is 0 Å². The summed E-state index contributed by atoms with van der Waals surface area (Å²) in [7, 11) is 1.98. The van der Waals surface area contributed by atoms with Crippen molar-refractivity contribution in [1.29, 1.82) is 0 Å². The number of nitrogens with one attached hydrogen (secondary N) is 2. The van der Waals surface area contributed by atoms with Crippen LogP contribution in [0.5, 0.6) is 0 Å². The maximum Gasteiger partial charge on any atom is 0.239 e. The lowest BCUT2D eigenvalue weighted by Gasteiger charge is -2.41. The van der Waals surface area contributed by atoms with E-state index >= 15 is 0 Å². The maximum absolute atomic E-state index is 13.1. The van der Waals surface area contributed by atoms with E-state index in [1.54, 1.807) is 11.8 Å². The highest BCUT2D eigenvalue weighted by Crippen LogP contribution is 2.36. The first-order valence-electron chi connectivity index (χ1n) is 12.0. The molecular formula is C24H36N6O3. The van der Waals surface area contributed by atoms with Crippen LogP contribution >= 0.6 is 0 Å². The van der Waals surface area contributed by atoms with Crippen LogP contribution in [0.2, 0.25) is 0 Å². The van der Waals surface area contributed by atoms with E-state index in [2.05, 4.69) is 32.7 Å². The summed E-state index contributed by atoms with van der Waals surface area (Å²) in [5, 5.41) is 6.06. The molecule has 33 heavy (non-hydrogen) atoms. The normalized spacial score (nSPS) is 27.6. The molecule has 2 N–H and O–H groups in total. The van der Waals surface area contributed by atoms with Crippen molar-refractivity contribution in [3.05, 3.63) is 30.4 Å². The zero-order chi connectivity index (χ0) is 23.4. The lowest BCUT2D eigenvalue weighted by molar-refractivity contribution is -0.140. The van der Waals surface area contributed by atoms with Crippen molar-refractivity contribution in [2.24, 2.45) is 18.4 Å². The van der Waals surface area contributed by atoms with E-state index in [0.29, 0.717) is 38.3 Å². The van der Waals surface area contributed by atoms with Crippen molar-refractivity contribution >= 4 is 17.7 Å². The van der Waals surface area contributed by atoms with E-state index < -0.39 is 5.41 Å². The smallest absolute Gasteiger partial charge is 0.239 e. The van der Waals surface area contributed by atoms with Crippen molar-refractivity contribution in [1.82, 2.24) is 30.0 Å².